The van der Waals surface area contributed by atoms with E-state index in [1.54, 1.807) is 0 Å². The number of carbonyl (C=O) groups is 1. The molecule has 3 aromatic rings. The van der Waals surface area contributed by atoms with Gasteiger partial charge in [-0.2, -0.15) is 5.10 Å². The number of aromatic nitrogens is 2. The molecule has 2 atom stereocenters. The van der Waals surface area contributed by atoms with E-state index in [9.17, 15) is 9.90 Å². The number of anilines is 1. The lowest BCUT2D eigenvalue weighted by molar-refractivity contribution is -0.128. The van der Waals surface area contributed by atoms with Crippen LogP contribution < -0.4 is 4.90 Å². The van der Waals surface area contributed by atoms with Gasteiger partial charge in [-0.05, 0) is 24.0 Å². The van der Waals surface area contributed by atoms with Gasteiger partial charge in [-0.1, -0.05) is 60.7 Å². The Hall–Kier alpha value is -2.92. The van der Waals surface area contributed by atoms with Crippen molar-refractivity contribution >= 4 is 11.7 Å². The maximum atomic E-state index is 12.7. The largest absolute Gasteiger partial charge is 0.370 e. The highest BCUT2D eigenvalue weighted by Gasteiger charge is 2.50. The van der Waals surface area contributed by atoms with Gasteiger partial charge in [-0.3, -0.25) is 14.8 Å². The Kier molecular flexibility index (Phi) is 3.65. The van der Waals surface area contributed by atoms with Crippen LogP contribution in [0.15, 0.2) is 60.7 Å². The van der Waals surface area contributed by atoms with E-state index in [4.69, 9.17) is 0 Å². The molecule has 5 heteroatoms. The highest BCUT2D eigenvalue weighted by molar-refractivity contribution is 5.97. The summed E-state index contributed by atoms with van der Waals surface area (Å²) in [7, 11) is 0. The second-order valence-electron chi connectivity index (χ2n) is 7.43. The zero-order valence-corrected chi connectivity index (χ0v) is 14.9. The molecule has 0 unspecified atom stereocenters. The van der Waals surface area contributed by atoms with E-state index < -0.39 is 5.72 Å². The first-order valence-corrected chi connectivity index (χ1v) is 9.41. The van der Waals surface area contributed by atoms with Crippen molar-refractivity contribution in [2.75, 3.05) is 4.90 Å². The molecule has 1 saturated heterocycles. The molecule has 5 rings (SSSR count). The molecule has 27 heavy (non-hydrogen) atoms. The maximum Gasteiger partial charge on any atom is 0.230 e. The summed E-state index contributed by atoms with van der Waals surface area (Å²) in [6.07, 6.45) is 2.22. The van der Waals surface area contributed by atoms with Gasteiger partial charge in [0.05, 0.1) is 5.69 Å². The number of aromatic amines is 1. The van der Waals surface area contributed by atoms with Crippen LogP contribution in [0.5, 0.6) is 0 Å². The molecule has 2 aromatic carbocycles. The Morgan fingerprint density at radius 3 is 2.52 bits per heavy atom. The van der Waals surface area contributed by atoms with Gasteiger partial charge in [0.15, 0.2) is 5.82 Å². The summed E-state index contributed by atoms with van der Waals surface area (Å²) in [5.74, 6) is 0.492. The molecule has 0 aliphatic carbocycles. The molecule has 0 bridgehead atoms. The van der Waals surface area contributed by atoms with Crippen LogP contribution in [0.2, 0.25) is 0 Å². The molecule has 0 saturated carbocycles. The first kappa shape index (κ1) is 16.3. The van der Waals surface area contributed by atoms with Gasteiger partial charge in [0.2, 0.25) is 5.91 Å². The van der Waals surface area contributed by atoms with Crippen LogP contribution in [0.25, 0.3) is 11.3 Å². The number of carbonyl (C=O) groups excluding carboxylic acids is 1. The lowest BCUT2D eigenvalue weighted by Gasteiger charge is -2.47. The number of nitrogens with zero attached hydrogens (tertiary/aromatic N) is 2. The van der Waals surface area contributed by atoms with Crippen LogP contribution in [-0.2, 0) is 4.79 Å². The monoisotopic (exact) mass is 359 g/mol. The highest BCUT2D eigenvalue weighted by atomic mass is 16.3. The van der Waals surface area contributed by atoms with Crippen LogP contribution in [0.3, 0.4) is 0 Å². The van der Waals surface area contributed by atoms with Gasteiger partial charge >= 0.3 is 0 Å². The van der Waals surface area contributed by atoms with E-state index in [1.807, 2.05) is 48.5 Å². The Bertz CT molecular complexity index is 983. The van der Waals surface area contributed by atoms with Crippen molar-refractivity contribution in [3.8, 4) is 11.3 Å². The van der Waals surface area contributed by atoms with Gasteiger partial charge in [-0.25, -0.2) is 0 Å². The average Bonchev–Trinajstić information content (AvgIpc) is 3.13. The normalized spacial score (nSPS) is 24.4. The average molecular weight is 359 g/mol. The number of fused-ring (bicyclic) bond motifs is 3. The van der Waals surface area contributed by atoms with Gasteiger partial charge in [0.25, 0.3) is 0 Å². The third-order valence-electron chi connectivity index (χ3n) is 5.77. The van der Waals surface area contributed by atoms with Crippen molar-refractivity contribution in [2.24, 2.45) is 0 Å². The van der Waals surface area contributed by atoms with E-state index >= 15 is 0 Å². The van der Waals surface area contributed by atoms with Crippen LogP contribution in [-0.4, -0.2) is 26.9 Å². The predicted octanol–water partition coefficient (Wildman–Crippen LogP) is 3.82. The van der Waals surface area contributed by atoms with Crippen LogP contribution in [0.4, 0.5) is 5.82 Å². The third kappa shape index (κ3) is 2.50. The van der Waals surface area contributed by atoms with E-state index in [-0.39, 0.29) is 11.8 Å². The summed E-state index contributed by atoms with van der Waals surface area (Å²) in [5.41, 5.74) is 2.89. The number of H-pyrrole nitrogens is 1. The minimum Gasteiger partial charge on any atom is -0.370 e. The topological polar surface area (TPSA) is 69.2 Å². The summed E-state index contributed by atoms with van der Waals surface area (Å²) in [6.45, 7) is 0. The number of nitrogens with one attached hydrogen (secondary N) is 1. The zero-order valence-electron chi connectivity index (χ0n) is 14.9. The molecule has 0 spiro atoms. The molecule has 2 aliphatic heterocycles. The molecular weight excluding hydrogens is 338 g/mol. The number of rotatable bonds is 2. The first-order valence-electron chi connectivity index (χ1n) is 9.41. The van der Waals surface area contributed by atoms with Gasteiger partial charge in [0.1, 0.15) is 5.72 Å². The maximum absolute atomic E-state index is 12.7. The molecule has 5 nitrogen and oxygen atoms in total. The van der Waals surface area contributed by atoms with E-state index in [1.165, 1.54) is 4.90 Å². The second-order valence-corrected chi connectivity index (χ2v) is 7.43. The number of hydrogen-bond acceptors (Lipinski definition) is 3. The second kappa shape index (κ2) is 6.06. The third-order valence-corrected chi connectivity index (χ3v) is 5.77. The molecule has 1 fully saturated rings. The van der Waals surface area contributed by atoms with Crippen LogP contribution in [0.1, 0.15) is 42.7 Å². The van der Waals surface area contributed by atoms with Gasteiger partial charge in [-0.15, -0.1) is 0 Å². The van der Waals surface area contributed by atoms with E-state index in [0.29, 0.717) is 31.5 Å². The van der Waals surface area contributed by atoms with Gasteiger partial charge < -0.3 is 5.11 Å². The van der Waals surface area contributed by atoms with Crippen molar-refractivity contribution in [1.82, 2.24) is 10.2 Å². The number of amides is 1. The summed E-state index contributed by atoms with van der Waals surface area (Å²) >= 11 is 0. The lowest BCUT2D eigenvalue weighted by Crippen LogP contribution is -2.58. The smallest absolute Gasteiger partial charge is 0.230 e. The number of benzene rings is 2. The quantitative estimate of drug-likeness (QED) is 0.731. The Morgan fingerprint density at radius 1 is 1.07 bits per heavy atom. The van der Waals surface area contributed by atoms with Crippen molar-refractivity contribution in [3.05, 3.63) is 71.8 Å². The molecule has 1 amide bonds. The van der Waals surface area contributed by atoms with Crippen molar-refractivity contribution in [3.63, 3.8) is 0 Å². The van der Waals surface area contributed by atoms with Crippen molar-refractivity contribution in [2.45, 2.75) is 37.3 Å². The minimum absolute atomic E-state index is 0.0256. The van der Waals surface area contributed by atoms with Crippen molar-refractivity contribution in [1.29, 1.82) is 0 Å². The fraction of sp³-hybridized carbons (Fsp3) is 0.273. The number of hydrogen-bond donors (Lipinski definition) is 2. The summed E-state index contributed by atoms with van der Waals surface area (Å²) in [4.78, 5) is 14.2. The van der Waals surface area contributed by atoms with Crippen molar-refractivity contribution < 1.29 is 9.90 Å². The summed E-state index contributed by atoms with van der Waals surface area (Å²) in [5, 5.41) is 19.0. The summed E-state index contributed by atoms with van der Waals surface area (Å²) < 4.78 is 0. The molecule has 136 valence electrons. The van der Waals surface area contributed by atoms with Gasteiger partial charge in [0, 0.05) is 24.3 Å². The molecule has 1 aromatic heterocycles. The zero-order chi connectivity index (χ0) is 18.4. The van der Waals surface area contributed by atoms with E-state index in [2.05, 4.69) is 22.3 Å². The Balaban J connectivity index is 1.74. The van der Waals surface area contributed by atoms with Crippen LogP contribution in [0, 0.1) is 0 Å². The van der Waals surface area contributed by atoms with Crippen LogP contribution >= 0.6 is 0 Å². The predicted molar refractivity (Wildman–Crippen MR) is 103 cm³/mol. The fourth-order valence-electron chi connectivity index (χ4n) is 4.55. The number of piperidine rings is 1. The molecule has 3 heterocycles. The number of aliphatic hydroxyl groups is 1. The highest BCUT2D eigenvalue weighted by Crippen LogP contribution is 2.51. The standard InChI is InChI=1S/C22H21N3O2/c26-18-12-7-13-22(27)14-17(15-8-3-1-4-9-15)19-20(16-10-5-2-6-11-16)23-24-21(19)25(18)22/h1-6,8-11,17,27H,7,12-14H2,(H,23,24)/t17-,22+/m0/s1. The molecule has 2 aliphatic rings. The first-order chi connectivity index (χ1) is 13.2. The molecule has 0 radical (unpaired) electrons. The molecular formula is C22H21N3O2. The minimum atomic E-state index is -1.17. The molecule has 2 N–H and O–H groups in total. The Labute approximate surface area is 157 Å². The summed E-state index contributed by atoms with van der Waals surface area (Å²) in [6, 6.07) is 20.2. The lowest BCUT2D eigenvalue weighted by atomic mass is 9.76. The fourth-order valence-corrected chi connectivity index (χ4v) is 4.55. The Morgan fingerprint density at radius 2 is 1.78 bits per heavy atom. The van der Waals surface area contributed by atoms with E-state index in [0.717, 1.165) is 22.4 Å². The SMILES string of the molecule is O=C1CCC[C@@]2(O)C[C@@H](c3ccccc3)c3c(n[nH]c3-c3ccccc3)N12.